The van der Waals surface area contributed by atoms with Crippen LogP contribution >= 0.6 is 11.6 Å². The van der Waals surface area contributed by atoms with Crippen LogP contribution in [0.3, 0.4) is 0 Å². The van der Waals surface area contributed by atoms with Crippen molar-refractivity contribution in [1.29, 1.82) is 0 Å². The van der Waals surface area contributed by atoms with Crippen molar-refractivity contribution in [3.8, 4) is 5.75 Å². The van der Waals surface area contributed by atoms with Crippen molar-refractivity contribution >= 4 is 28.4 Å². The van der Waals surface area contributed by atoms with Gasteiger partial charge in [0.2, 0.25) is 5.43 Å². The van der Waals surface area contributed by atoms with E-state index >= 15 is 0 Å². The van der Waals surface area contributed by atoms with Crippen molar-refractivity contribution in [3.05, 3.63) is 74.5 Å². The van der Waals surface area contributed by atoms with Crippen LogP contribution in [0.25, 0.3) is 10.9 Å². The molecule has 1 saturated carbocycles. The number of nitrogens with two attached hydrogens (primary N) is 1. The van der Waals surface area contributed by atoms with E-state index in [1.807, 2.05) is 0 Å². The zero-order valence-electron chi connectivity index (χ0n) is 21.6. The quantitative estimate of drug-likeness (QED) is 0.390. The van der Waals surface area contributed by atoms with E-state index in [4.69, 9.17) is 22.1 Å². The molecule has 4 N–H and O–H groups in total. The normalized spacial score (nSPS) is 18.2. The summed E-state index contributed by atoms with van der Waals surface area (Å²) in [5.74, 6) is -1.27. The number of aryl methyl sites for hydroxylation is 1. The third-order valence-electron chi connectivity index (χ3n) is 7.51. The molecule has 2 aliphatic rings. The third-order valence-corrected chi connectivity index (χ3v) is 7.80. The minimum Gasteiger partial charge on any atom is -0.491 e. The average Bonchev–Trinajstić information content (AvgIpc) is 3.65. The highest BCUT2D eigenvalue weighted by Gasteiger charge is 2.41. The number of aliphatic hydroxyl groups is 1. The molecule has 1 aromatic heterocycles. The molecular formula is C28H31ClF2N4O4. The Balaban J connectivity index is 1.19. The predicted octanol–water partition coefficient (Wildman–Crippen LogP) is 3.28. The van der Waals surface area contributed by atoms with Crippen molar-refractivity contribution in [2.24, 2.45) is 5.73 Å². The molecule has 1 amide bonds. The minimum atomic E-state index is -0.767. The highest BCUT2D eigenvalue weighted by atomic mass is 35.5. The van der Waals surface area contributed by atoms with Crippen LogP contribution in [-0.2, 0) is 5.66 Å². The fourth-order valence-corrected chi connectivity index (χ4v) is 5.11. The Bertz CT molecular complexity index is 1470. The molecule has 1 unspecified atom stereocenters. The van der Waals surface area contributed by atoms with Crippen LogP contribution < -0.4 is 21.2 Å². The standard InChI is InChI=1S/C28H31ClF2N4O4/c1-16-2-3-19(10-23(16)30)39-15-18(36)13-34-8-4-17(5-9-34)33-27(38)21-14-35(28(32)6-7-28)25-12-22(29)24(31)11-20(25)26(21)37/h2-3,10-12,14,17-18,36H,4-9,13,15,32H2,1H3,(H,33,38). The van der Waals surface area contributed by atoms with Crippen molar-refractivity contribution in [1.82, 2.24) is 14.8 Å². The number of aliphatic hydroxyl groups excluding tert-OH is 1. The lowest BCUT2D eigenvalue weighted by atomic mass is 10.0. The van der Waals surface area contributed by atoms with E-state index in [0.29, 0.717) is 62.1 Å². The number of aromatic nitrogens is 1. The fourth-order valence-electron chi connectivity index (χ4n) is 4.95. The maximum absolute atomic E-state index is 14.2. The summed E-state index contributed by atoms with van der Waals surface area (Å²) in [6.45, 7) is 3.31. The lowest BCUT2D eigenvalue weighted by Gasteiger charge is -2.33. The Morgan fingerprint density at radius 2 is 1.95 bits per heavy atom. The SMILES string of the molecule is Cc1ccc(OCC(O)CN2CCC(NC(=O)c3cn(C4(N)CC4)c4cc(Cl)c(F)cc4c3=O)CC2)cc1F. The van der Waals surface area contributed by atoms with Crippen LogP contribution in [0.5, 0.6) is 5.75 Å². The van der Waals surface area contributed by atoms with Crippen LogP contribution in [-0.4, -0.2) is 58.9 Å². The average molecular weight is 561 g/mol. The van der Waals surface area contributed by atoms with Crippen LogP contribution in [0.4, 0.5) is 8.78 Å². The maximum Gasteiger partial charge on any atom is 0.256 e. The number of carbonyl (C=O) groups is 1. The number of fused-ring (bicyclic) bond motifs is 1. The third kappa shape index (κ3) is 5.94. The number of ether oxygens (including phenoxy) is 1. The number of nitrogens with zero attached hydrogens (tertiary/aromatic N) is 2. The van der Waals surface area contributed by atoms with Gasteiger partial charge in [-0.3, -0.25) is 9.59 Å². The van der Waals surface area contributed by atoms with Gasteiger partial charge in [0.15, 0.2) is 0 Å². The van der Waals surface area contributed by atoms with Gasteiger partial charge in [0, 0.05) is 43.3 Å². The van der Waals surface area contributed by atoms with Gasteiger partial charge in [-0.1, -0.05) is 17.7 Å². The van der Waals surface area contributed by atoms with Gasteiger partial charge in [-0.25, -0.2) is 8.78 Å². The molecule has 1 atom stereocenters. The van der Waals surface area contributed by atoms with Crippen molar-refractivity contribution in [2.45, 2.75) is 50.4 Å². The molecule has 8 nitrogen and oxygen atoms in total. The molecule has 0 spiro atoms. The molecule has 11 heteroatoms. The van der Waals surface area contributed by atoms with Gasteiger partial charge in [-0.05, 0) is 56.4 Å². The first-order valence-corrected chi connectivity index (χ1v) is 13.4. The molecule has 5 rings (SSSR count). The van der Waals surface area contributed by atoms with E-state index in [-0.39, 0.29) is 34.4 Å². The summed E-state index contributed by atoms with van der Waals surface area (Å²) in [7, 11) is 0. The second-order valence-electron chi connectivity index (χ2n) is 10.6. The highest BCUT2D eigenvalue weighted by molar-refractivity contribution is 6.31. The van der Waals surface area contributed by atoms with Gasteiger partial charge < -0.3 is 30.4 Å². The number of β-amino-alcohol motifs (C(OH)–C–C–N with tert-alkyl or cyclic N) is 1. The highest BCUT2D eigenvalue weighted by Crippen LogP contribution is 2.40. The Morgan fingerprint density at radius 3 is 2.62 bits per heavy atom. The van der Waals surface area contributed by atoms with Crippen molar-refractivity contribution in [3.63, 3.8) is 0 Å². The van der Waals surface area contributed by atoms with Crippen molar-refractivity contribution in [2.75, 3.05) is 26.2 Å². The number of nitrogens with one attached hydrogen (secondary N) is 1. The monoisotopic (exact) mass is 560 g/mol. The van der Waals surface area contributed by atoms with Gasteiger partial charge in [-0.15, -0.1) is 0 Å². The van der Waals surface area contributed by atoms with E-state index in [0.717, 1.165) is 6.07 Å². The number of likely N-dealkylation sites (tertiary alicyclic amines) is 1. The number of hydrogen-bond acceptors (Lipinski definition) is 6. The molecule has 39 heavy (non-hydrogen) atoms. The van der Waals surface area contributed by atoms with E-state index in [9.17, 15) is 23.5 Å². The zero-order chi connectivity index (χ0) is 27.9. The minimum absolute atomic E-state index is 0.0296. The molecule has 0 bridgehead atoms. The van der Waals surface area contributed by atoms with Crippen LogP contribution in [0.1, 0.15) is 41.6 Å². The number of amides is 1. The number of carbonyl (C=O) groups excluding carboxylic acids is 1. The second-order valence-corrected chi connectivity index (χ2v) is 11.0. The first-order chi connectivity index (χ1) is 18.5. The first kappa shape index (κ1) is 27.5. The molecule has 1 aliphatic carbocycles. The second kappa shape index (κ2) is 10.8. The number of halogens is 3. The molecule has 2 heterocycles. The van der Waals surface area contributed by atoms with E-state index in [1.54, 1.807) is 23.6 Å². The summed E-state index contributed by atoms with van der Waals surface area (Å²) in [6, 6.07) is 6.84. The Hall–Kier alpha value is -3.05. The molecule has 1 aliphatic heterocycles. The topological polar surface area (TPSA) is 110 Å². The number of pyridine rings is 1. The summed E-state index contributed by atoms with van der Waals surface area (Å²) in [6.07, 6.45) is 3.25. The summed E-state index contributed by atoms with van der Waals surface area (Å²) in [4.78, 5) is 28.4. The van der Waals surface area contributed by atoms with E-state index < -0.39 is 28.9 Å². The molecule has 0 radical (unpaired) electrons. The van der Waals surface area contributed by atoms with Crippen LogP contribution in [0, 0.1) is 18.6 Å². The molecule has 2 aromatic carbocycles. The maximum atomic E-state index is 14.2. The fraction of sp³-hybridized carbons (Fsp3) is 0.429. The van der Waals surface area contributed by atoms with Gasteiger partial charge in [0.25, 0.3) is 5.91 Å². The summed E-state index contributed by atoms with van der Waals surface area (Å²) in [5.41, 5.74) is 5.89. The Labute approximate surface area is 229 Å². The first-order valence-electron chi connectivity index (χ1n) is 13.0. The molecule has 1 saturated heterocycles. The number of hydrogen-bond donors (Lipinski definition) is 3. The molecule has 208 valence electrons. The Kier molecular flexibility index (Phi) is 7.65. The Morgan fingerprint density at radius 1 is 1.23 bits per heavy atom. The number of benzene rings is 2. The van der Waals surface area contributed by atoms with E-state index in [2.05, 4.69) is 10.2 Å². The van der Waals surface area contributed by atoms with Crippen LogP contribution in [0.2, 0.25) is 5.02 Å². The van der Waals surface area contributed by atoms with Gasteiger partial charge in [0.05, 0.1) is 16.2 Å². The van der Waals surface area contributed by atoms with Gasteiger partial charge in [-0.2, -0.15) is 0 Å². The van der Waals surface area contributed by atoms with Crippen molar-refractivity contribution < 1.29 is 23.4 Å². The molecular weight excluding hydrogens is 530 g/mol. The summed E-state index contributed by atoms with van der Waals surface area (Å²) < 4.78 is 35.1. The predicted molar refractivity (Wildman–Crippen MR) is 144 cm³/mol. The number of piperidine rings is 1. The summed E-state index contributed by atoms with van der Waals surface area (Å²) in [5, 5.41) is 13.3. The van der Waals surface area contributed by atoms with E-state index in [1.165, 1.54) is 18.3 Å². The lowest BCUT2D eigenvalue weighted by molar-refractivity contribution is 0.0567. The summed E-state index contributed by atoms with van der Waals surface area (Å²) >= 11 is 5.96. The van der Waals surface area contributed by atoms with Gasteiger partial charge in [0.1, 0.15) is 35.7 Å². The molecule has 2 fully saturated rings. The van der Waals surface area contributed by atoms with Gasteiger partial charge >= 0.3 is 0 Å². The molecule has 3 aromatic rings. The smallest absolute Gasteiger partial charge is 0.256 e. The number of rotatable bonds is 8. The zero-order valence-corrected chi connectivity index (χ0v) is 22.3. The lowest BCUT2D eigenvalue weighted by Crippen LogP contribution is -2.47. The van der Waals surface area contributed by atoms with Crippen LogP contribution in [0.15, 0.2) is 41.3 Å². The largest absolute Gasteiger partial charge is 0.491 e.